The van der Waals surface area contributed by atoms with Gasteiger partial charge in [0.25, 0.3) is 10.1 Å². The lowest BCUT2D eigenvalue weighted by molar-refractivity contribution is 0.482. The Labute approximate surface area is 124 Å². The van der Waals surface area contributed by atoms with Crippen molar-refractivity contribution in [2.75, 3.05) is 5.32 Å². The molecule has 7 nitrogen and oxygen atoms in total. The van der Waals surface area contributed by atoms with Crippen molar-refractivity contribution in [3.63, 3.8) is 0 Å². The average molecular weight is 335 g/mol. The molecule has 0 aliphatic rings. The van der Waals surface area contributed by atoms with Crippen LogP contribution in [0.15, 0.2) is 23.1 Å². The van der Waals surface area contributed by atoms with E-state index < -0.39 is 10.1 Å². The Balaban J connectivity index is 2.40. The zero-order valence-corrected chi connectivity index (χ0v) is 12.3. The van der Waals surface area contributed by atoms with E-state index in [2.05, 4.69) is 20.3 Å². The predicted octanol–water partition coefficient (Wildman–Crippen LogP) is 2.48. The Morgan fingerprint density at radius 1 is 1.15 bits per heavy atom. The third-order valence-corrected chi connectivity index (χ3v) is 3.64. The van der Waals surface area contributed by atoms with Crippen molar-refractivity contribution in [1.82, 2.24) is 15.0 Å². The highest BCUT2D eigenvalue weighted by Crippen LogP contribution is 2.22. The predicted molar refractivity (Wildman–Crippen MR) is 74.1 cm³/mol. The SMILES string of the molecule is Cc1ccc(Nc2nc(Cl)nc(Cl)n2)cc1S(=O)(=O)O. The van der Waals surface area contributed by atoms with Crippen molar-refractivity contribution in [1.29, 1.82) is 0 Å². The van der Waals surface area contributed by atoms with Crippen LogP contribution in [-0.2, 0) is 10.1 Å². The average Bonchev–Trinajstić information content (AvgIpc) is 2.29. The van der Waals surface area contributed by atoms with E-state index in [1.807, 2.05) is 0 Å². The zero-order chi connectivity index (χ0) is 14.9. The van der Waals surface area contributed by atoms with Gasteiger partial charge >= 0.3 is 0 Å². The molecule has 1 aromatic carbocycles. The Bertz CT molecular complexity index is 747. The van der Waals surface area contributed by atoms with Gasteiger partial charge in [0.05, 0.1) is 4.90 Å². The summed E-state index contributed by atoms with van der Waals surface area (Å²) in [5.74, 6) is 0.0557. The number of nitrogens with zero attached hydrogens (tertiary/aromatic N) is 3. The molecule has 2 aromatic rings. The molecule has 1 aromatic heterocycles. The summed E-state index contributed by atoms with van der Waals surface area (Å²) in [6.07, 6.45) is 0. The maximum absolute atomic E-state index is 11.2. The van der Waals surface area contributed by atoms with Crippen molar-refractivity contribution < 1.29 is 13.0 Å². The van der Waals surface area contributed by atoms with E-state index in [9.17, 15) is 8.42 Å². The van der Waals surface area contributed by atoms with E-state index in [4.69, 9.17) is 27.8 Å². The number of halogens is 2. The van der Waals surface area contributed by atoms with Gasteiger partial charge in [-0.15, -0.1) is 0 Å². The van der Waals surface area contributed by atoms with Gasteiger partial charge in [0.1, 0.15) is 0 Å². The standard InChI is InChI=1S/C10H8Cl2N4O3S/c1-5-2-3-6(4-7(5)20(17,18)19)13-10-15-8(11)14-9(12)16-10/h2-4H,1H3,(H,17,18,19)(H,13,14,15,16). The van der Waals surface area contributed by atoms with Crippen LogP contribution in [0.1, 0.15) is 5.56 Å². The molecule has 1 heterocycles. The monoisotopic (exact) mass is 334 g/mol. The molecule has 2 rings (SSSR count). The van der Waals surface area contributed by atoms with Crippen LogP contribution in [0, 0.1) is 6.92 Å². The molecule has 0 atom stereocenters. The second-order valence-electron chi connectivity index (χ2n) is 3.78. The van der Waals surface area contributed by atoms with Gasteiger partial charge in [-0.2, -0.15) is 23.4 Å². The van der Waals surface area contributed by atoms with Gasteiger partial charge in [0, 0.05) is 5.69 Å². The lowest BCUT2D eigenvalue weighted by Crippen LogP contribution is -2.04. The Kier molecular flexibility index (Phi) is 4.09. The number of nitrogens with one attached hydrogen (secondary N) is 1. The molecular weight excluding hydrogens is 327 g/mol. The first-order valence-corrected chi connectivity index (χ1v) is 7.37. The smallest absolute Gasteiger partial charge is 0.294 e. The minimum absolute atomic E-state index is 0.0557. The summed E-state index contributed by atoms with van der Waals surface area (Å²) in [6.45, 7) is 1.56. The molecule has 20 heavy (non-hydrogen) atoms. The van der Waals surface area contributed by atoms with Crippen molar-refractivity contribution in [3.8, 4) is 0 Å². The van der Waals surface area contributed by atoms with Gasteiger partial charge in [-0.3, -0.25) is 4.55 Å². The first kappa shape index (κ1) is 14.9. The van der Waals surface area contributed by atoms with E-state index in [0.29, 0.717) is 11.3 Å². The number of hydrogen-bond acceptors (Lipinski definition) is 6. The highest BCUT2D eigenvalue weighted by molar-refractivity contribution is 7.85. The van der Waals surface area contributed by atoms with E-state index >= 15 is 0 Å². The van der Waals surface area contributed by atoms with Gasteiger partial charge in [0.15, 0.2) is 0 Å². The lowest BCUT2D eigenvalue weighted by Gasteiger charge is -2.08. The number of benzene rings is 1. The van der Waals surface area contributed by atoms with Crippen LogP contribution >= 0.6 is 23.2 Å². The fraction of sp³-hybridized carbons (Fsp3) is 0.100. The largest absolute Gasteiger partial charge is 0.324 e. The van der Waals surface area contributed by atoms with E-state index in [0.717, 1.165) is 0 Å². The third-order valence-electron chi connectivity index (χ3n) is 2.30. The fourth-order valence-corrected chi connectivity index (χ4v) is 2.58. The van der Waals surface area contributed by atoms with Crippen LogP contribution in [0.5, 0.6) is 0 Å². The zero-order valence-electron chi connectivity index (χ0n) is 10.0. The highest BCUT2D eigenvalue weighted by Gasteiger charge is 2.14. The van der Waals surface area contributed by atoms with Crippen LogP contribution < -0.4 is 5.32 Å². The van der Waals surface area contributed by atoms with E-state index in [1.165, 1.54) is 12.1 Å². The second-order valence-corrected chi connectivity index (χ2v) is 5.84. The molecule has 10 heteroatoms. The van der Waals surface area contributed by atoms with Crippen LogP contribution in [0.4, 0.5) is 11.6 Å². The Hall–Kier alpha value is -1.48. The summed E-state index contributed by atoms with van der Waals surface area (Å²) in [6, 6.07) is 4.36. The topological polar surface area (TPSA) is 105 Å². The molecule has 0 spiro atoms. The van der Waals surface area contributed by atoms with Crippen LogP contribution in [0.3, 0.4) is 0 Å². The van der Waals surface area contributed by atoms with Crippen molar-refractivity contribution in [2.45, 2.75) is 11.8 Å². The molecule has 0 fully saturated rings. The maximum Gasteiger partial charge on any atom is 0.294 e. The molecule has 0 saturated heterocycles. The van der Waals surface area contributed by atoms with Crippen molar-refractivity contribution in [3.05, 3.63) is 34.3 Å². The summed E-state index contributed by atoms with van der Waals surface area (Å²) in [7, 11) is -4.31. The van der Waals surface area contributed by atoms with E-state index in [-0.39, 0.29) is 21.4 Å². The molecule has 0 unspecified atom stereocenters. The number of aryl methyl sites for hydroxylation is 1. The van der Waals surface area contributed by atoms with Crippen molar-refractivity contribution >= 4 is 45.0 Å². The molecule has 0 aliphatic carbocycles. The summed E-state index contributed by atoms with van der Waals surface area (Å²) < 4.78 is 31.5. The molecule has 0 amide bonds. The molecule has 0 radical (unpaired) electrons. The van der Waals surface area contributed by atoms with Gasteiger partial charge in [-0.05, 0) is 47.8 Å². The highest BCUT2D eigenvalue weighted by atomic mass is 35.5. The summed E-state index contributed by atoms with van der Waals surface area (Å²) >= 11 is 11.2. The fourth-order valence-electron chi connectivity index (χ4n) is 1.47. The number of aromatic nitrogens is 3. The minimum atomic E-state index is -4.31. The first-order chi connectivity index (χ1) is 9.25. The lowest BCUT2D eigenvalue weighted by atomic mass is 10.2. The molecule has 106 valence electrons. The quantitative estimate of drug-likeness (QED) is 0.830. The summed E-state index contributed by atoms with van der Waals surface area (Å²) in [4.78, 5) is 10.9. The van der Waals surface area contributed by atoms with Crippen molar-refractivity contribution in [2.24, 2.45) is 0 Å². The van der Waals surface area contributed by atoms with Gasteiger partial charge in [0.2, 0.25) is 16.5 Å². The van der Waals surface area contributed by atoms with Crippen LogP contribution in [-0.4, -0.2) is 27.9 Å². The molecule has 0 saturated carbocycles. The first-order valence-electron chi connectivity index (χ1n) is 5.18. The van der Waals surface area contributed by atoms with Crippen LogP contribution in [0.2, 0.25) is 10.6 Å². The number of rotatable bonds is 3. The number of anilines is 2. The number of hydrogen-bond donors (Lipinski definition) is 2. The molecule has 0 bridgehead atoms. The van der Waals surface area contributed by atoms with Gasteiger partial charge in [-0.25, -0.2) is 0 Å². The summed E-state index contributed by atoms with van der Waals surface area (Å²) in [5.41, 5.74) is 0.756. The minimum Gasteiger partial charge on any atom is -0.324 e. The van der Waals surface area contributed by atoms with Crippen LogP contribution in [0.25, 0.3) is 0 Å². The van der Waals surface area contributed by atoms with E-state index in [1.54, 1.807) is 13.0 Å². The molecule has 0 aliphatic heterocycles. The molecular formula is C10H8Cl2N4O3S. The molecule has 2 N–H and O–H groups in total. The Morgan fingerprint density at radius 3 is 2.30 bits per heavy atom. The van der Waals surface area contributed by atoms with Gasteiger partial charge < -0.3 is 5.32 Å². The summed E-state index contributed by atoms with van der Waals surface area (Å²) in [5, 5.41) is 2.51. The normalized spacial score (nSPS) is 11.4. The second kappa shape index (κ2) is 5.49. The Morgan fingerprint density at radius 2 is 1.75 bits per heavy atom. The maximum atomic E-state index is 11.2. The van der Waals surface area contributed by atoms with Gasteiger partial charge in [-0.1, -0.05) is 6.07 Å². The third kappa shape index (κ3) is 3.54.